The fourth-order valence-electron chi connectivity index (χ4n) is 2.45. The van der Waals surface area contributed by atoms with E-state index in [0.717, 1.165) is 0 Å². The molecule has 1 unspecified atom stereocenters. The van der Waals surface area contributed by atoms with Gasteiger partial charge in [-0.25, -0.2) is 0 Å². The molecule has 2 fully saturated rings. The Bertz CT molecular complexity index is 386. The third kappa shape index (κ3) is 2.32. The van der Waals surface area contributed by atoms with E-state index < -0.39 is 17.4 Å². The standard InChI is InChI=1S/C12H18N2O4/c1-12(11(17)18)4-6-14(7-5-12)10(16)8-2-3-9(15)13-8/h8H,2-7H2,1H3,(H,13,15)(H,17,18). The summed E-state index contributed by atoms with van der Waals surface area (Å²) in [5.74, 6) is -0.960. The molecule has 6 nitrogen and oxygen atoms in total. The summed E-state index contributed by atoms with van der Waals surface area (Å²) in [6.45, 7) is 2.62. The summed E-state index contributed by atoms with van der Waals surface area (Å²) >= 11 is 0. The van der Waals surface area contributed by atoms with Crippen molar-refractivity contribution in [1.29, 1.82) is 0 Å². The summed E-state index contributed by atoms with van der Waals surface area (Å²) in [7, 11) is 0. The maximum atomic E-state index is 12.1. The summed E-state index contributed by atoms with van der Waals surface area (Å²) < 4.78 is 0. The summed E-state index contributed by atoms with van der Waals surface area (Å²) in [6.07, 6.45) is 1.88. The minimum atomic E-state index is -0.802. The lowest BCUT2D eigenvalue weighted by molar-refractivity contribution is -0.153. The molecule has 0 spiro atoms. The van der Waals surface area contributed by atoms with Gasteiger partial charge in [0.25, 0.3) is 0 Å². The Hall–Kier alpha value is -1.59. The summed E-state index contributed by atoms with van der Waals surface area (Å²) in [6, 6.07) is -0.410. The average molecular weight is 254 g/mol. The van der Waals surface area contributed by atoms with E-state index in [1.807, 2.05) is 0 Å². The molecule has 0 bridgehead atoms. The first kappa shape index (κ1) is 12.9. The van der Waals surface area contributed by atoms with Gasteiger partial charge in [0.15, 0.2) is 0 Å². The van der Waals surface area contributed by atoms with Crippen LogP contribution in [-0.4, -0.2) is 46.9 Å². The zero-order valence-electron chi connectivity index (χ0n) is 10.4. The summed E-state index contributed by atoms with van der Waals surface area (Å²) in [5.41, 5.74) is -0.726. The highest BCUT2D eigenvalue weighted by molar-refractivity contribution is 5.91. The molecule has 0 aromatic carbocycles. The second-order valence-corrected chi connectivity index (χ2v) is 5.35. The highest BCUT2D eigenvalue weighted by Gasteiger charge is 2.40. The van der Waals surface area contributed by atoms with Crippen molar-refractivity contribution >= 4 is 17.8 Å². The highest BCUT2D eigenvalue weighted by atomic mass is 16.4. The number of hydrogen-bond acceptors (Lipinski definition) is 3. The molecular weight excluding hydrogens is 236 g/mol. The third-order valence-electron chi connectivity index (χ3n) is 3.99. The number of nitrogens with zero attached hydrogens (tertiary/aromatic N) is 1. The Labute approximate surface area is 105 Å². The van der Waals surface area contributed by atoms with Crippen LogP contribution in [0.4, 0.5) is 0 Å². The largest absolute Gasteiger partial charge is 0.481 e. The van der Waals surface area contributed by atoms with Gasteiger partial charge in [-0.05, 0) is 26.2 Å². The molecule has 100 valence electrons. The van der Waals surface area contributed by atoms with Gasteiger partial charge in [-0.2, -0.15) is 0 Å². The monoisotopic (exact) mass is 254 g/mol. The number of rotatable bonds is 2. The van der Waals surface area contributed by atoms with E-state index in [1.165, 1.54) is 0 Å². The molecular formula is C12H18N2O4. The lowest BCUT2D eigenvalue weighted by Gasteiger charge is -2.37. The van der Waals surface area contributed by atoms with Crippen LogP contribution >= 0.6 is 0 Å². The molecule has 0 aromatic heterocycles. The van der Waals surface area contributed by atoms with Gasteiger partial charge in [0, 0.05) is 19.5 Å². The van der Waals surface area contributed by atoms with Crippen LogP contribution in [0, 0.1) is 5.41 Å². The van der Waals surface area contributed by atoms with Gasteiger partial charge in [0.1, 0.15) is 6.04 Å². The number of amides is 2. The molecule has 2 saturated heterocycles. The Morgan fingerprint density at radius 3 is 2.44 bits per heavy atom. The fourth-order valence-corrected chi connectivity index (χ4v) is 2.45. The lowest BCUT2D eigenvalue weighted by Crippen LogP contribution is -2.50. The lowest BCUT2D eigenvalue weighted by atomic mass is 9.80. The number of nitrogens with one attached hydrogen (secondary N) is 1. The number of carbonyl (C=O) groups is 3. The molecule has 0 saturated carbocycles. The Morgan fingerprint density at radius 1 is 1.39 bits per heavy atom. The van der Waals surface area contributed by atoms with Crippen LogP contribution in [0.1, 0.15) is 32.6 Å². The van der Waals surface area contributed by atoms with Crippen LogP contribution in [0.25, 0.3) is 0 Å². The van der Waals surface area contributed by atoms with Gasteiger partial charge in [-0.3, -0.25) is 14.4 Å². The molecule has 0 aliphatic carbocycles. The van der Waals surface area contributed by atoms with Gasteiger partial charge in [0.05, 0.1) is 5.41 Å². The molecule has 1 atom stereocenters. The second kappa shape index (κ2) is 4.59. The smallest absolute Gasteiger partial charge is 0.309 e. The summed E-state index contributed by atoms with van der Waals surface area (Å²) in [4.78, 5) is 35.9. The zero-order valence-corrected chi connectivity index (χ0v) is 10.4. The van der Waals surface area contributed by atoms with Crippen LogP contribution in [0.2, 0.25) is 0 Å². The van der Waals surface area contributed by atoms with E-state index in [-0.39, 0.29) is 11.8 Å². The molecule has 2 amide bonds. The highest BCUT2D eigenvalue weighted by Crippen LogP contribution is 2.31. The quantitative estimate of drug-likeness (QED) is 0.725. The Morgan fingerprint density at radius 2 is 2.00 bits per heavy atom. The van der Waals surface area contributed by atoms with E-state index in [1.54, 1.807) is 11.8 Å². The van der Waals surface area contributed by atoms with Gasteiger partial charge < -0.3 is 15.3 Å². The molecule has 6 heteroatoms. The molecule has 2 aliphatic rings. The van der Waals surface area contributed by atoms with Gasteiger partial charge in [0.2, 0.25) is 11.8 Å². The molecule has 0 aromatic rings. The first-order valence-electron chi connectivity index (χ1n) is 6.24. The number of hydrogen-bond donors (Lipinski definition) is 2. The van der Waals surface area contributed by atoms with Crippen molar-refractivity contribution in [2.75, 3.05) is 13.1 Å². The normalized spacial score (nSPS) is 26.8. The van der Waals surface area contributed by atoms with Crippen molar-refractivity contribution in [3.05, 3.63) is 0 Å². The van der Waals surface area contributed by atoms with Crippen LogP contribution in [0.5, 0.6) is 0 Å². The maximum Gasteiger partial charge on any atom is 0.309 e. The fraction of sp³-hybridized carbons (Fsp3) is 0.750. The number of aliphatic carboxylic acids is 1. The topological polar surface area (TPSA) is 86.7 Å². The van der Waals surface area contributed by atoms with E-state index in [2.05, 4.69) is 5.32 Å². The van der Waals surface area contributed by atoms with E-state index in [4.69, 9.17) is 5.11 Å². The van der Waals surface area contributed by atoms with Gasteiger partial charge in [-0.15, -0.1) is 0 Å². The second-order valence-electron chi connectivity index (χ2n) is 5.35. The van der Waals surface area contributed by atoms with Crippen LogP contribution in [0.3, 0.4) is 0 Å². The predicted molar refractivity (Wildman–Crippen MR) is 62.7 cm³/mol. The minimum Gasteiger partial charge on any atom is -0.481 e. The molecule has 2 rings (SSSR count). The summed E-state index contributed by atoms with van der Waals surface area (Å²) in [5, 5.41) is 11.8. The van der Waals surface area contributed by atoms with Crippen molar-refractivity contribution in [3.8, 4) is 0 Å². The average Bonchev–Trinajstić information content (AvgIpc) is 2.76. The van der Waals surface area contributed by atoms with Crippen LogP contribution in [-0.2, 0) is 14.4 Å². The Kier molecular flexibility index (Phi) is 3.28. The van der Waals surface area contributed by atoms with E-state index >= 15 is 0 Å². The molecule has 18 heavy (non-hydrogen) atoms. The number of likely N-dealkylation sites (tertiary alicyclic amines) is 1. The first-order valence-corrected chi connectivity index (χ1v) is 6.24. The first-order chi connectivity index (χ1) is 8.42. The number of piperidine rings is 1. The van der Waals surface area contributed by atoms with Crippen molar-refractivity contribution in [2.45, 2.75) is 38.6 Å². The zero-order chi connectivity index (χ0) is 13.3. The van der Waals surface area contributed by atoms with E-state index in [0.29, 0.717) is 38.8 Å². The maximum absolute atomic E-state index is 12.1. The molecule has 2 aliphatic heterocycles. The molecule has 2 N–H and O–H groups in total. The van der Waals surface area contributed by atoms with Crippen LogP contribution < -0.4 is 5.32 Å². The number of carboxylic acids is 1. The predicted octanol–water partition coefficient (Wildman–Crippen LogP) is -0.0217. The third-order valence-corrected chi connectivity index (χ3v) is 3.99. The molecule has 2 heterocycles. The minimum absolute atomic E-state index is 0.0757. The van der Waals surface area contributed by atoms with E-state index in [9.17, 15) is 14.4 Å². The number of carbonyl (C=O) groups excluding carboxylic acids is 2. The van der Waals surface area contributed by atoms with Crippen molar-refractivity contribution in [2.24, 2.45) is 5.41 Å². The van der Waals surface area contributed by atoms with Gasteiger partial charge in [-0.1, -0.05) is 0 Å². The van der Waals surface area contributed by atoms with Gasteiger partial charge >= 0.3 is 5.97 Å². The van der Waals surface area contributed by atoms with Crippen molar-refractivity contribution < 1.29 is 19.5 Å². The Balaban J connectivity index is 1.92. The molecule has 0 radical (unpaired) electrons. The number of carboxylic acid groups (broad SMARTS) is 1. The van der Waals surface area contributed by atoms with Crippen molar-refractivity contribution in [1.82, 2.24) is 10.2 Å². The van der Waals surface area contributed by atoms with Crippen molar-refractivity contribution in [3.63, 3.8) is 0 Å². The SMILES string of the molecule is CC1(C(=O)O)CCN(C(=O)C2CCC(=O)N2)CC1. The van der Waals surface area contributed by atoms with Crippen LogP contribution in [0.15, 0.2) is 0 Å².